The zero-order chi connectivity index (χ0) is 15.9. The lowest BCUT2D eigenvalue weighted by Crippen LogP contribution is -2.14. The van der Waals surface area contributed by atoms with Crippen molar-refractivity contribution < 1.29 is 12.8 Å². The number of anilines is 1. The molecule has 0 fully saturated rings. The zero-order valence-corrected chi connectivity index (χ0v) is 12.7. The van der Waals surface area contributed by atoms with E-state index in [1.54, 1.807) is 18.3 Å². The first-order chi connectivity index (χ1) is 10.4. The molecule has 0 saturated heterocycles. The van der Waals surface area contributed by atoms with E-state index >= 15 is 0 Å². The molecular weight excluding hydrogens is 306 g/mol. The van der Waals surface area contributed by atoms with E-state index in [0.717, 1.165) is 5.56 Å². The summed E-state index contributed by atoms with van der Waals surface area (Å²) in [6.07, 6.45) is 1.57. The van der Waals surface area contributed by atoms with E-state index in [9.17, 15) is 13.2 Å². The summed E-state index contributed by atoms with van der Waals surface area (Å²) in [7, 11) is -2.28. The molecule has 0 aliphatic carbocycles. The number of nitrogens with one attached hydrogen (secondary N) is 1. The first kappa shape index (κ1) is 14.3. The van der Waals surface area contributed by atoms with Gasteiger partial charge in [-0.05, 0) is 36.8 Å². The van der Waals surface area contributed by atoms with Crippen molar-refractivity contribution in [2.75, 3.05) is 4.72 Å². The predicted molar refractivity (Wildman–Crippen MR) is 81.2 cm³/mol. The van der Waals surface area contributed by atoms with E-state index in [4.69, 9.17) is 4.42 Å². The summed E-state index contributed by atoms with van der Waals surface area (Å²) < 4.78 is 33.4. The van der Waals surface area contributed by atoms with Crippen LogP contribution in [0.2, 0.25) is 0 Å². The molecule has 0 atom stereocenters. The van der Waals surface area contributed by atoms with Crippen LogP contribution in [0.3, 0.4) is 0 Å². The third-order valence-electron chi connectivity index (χ3n) is 3.22. The maximum absolute atomic E-state index is 12.4. The lowest BCUT2D eigenvalue weighted by atomic mass is 10.3. The third-order valence-corrected chi connectivity index (χ3v) is 4.58. The smallest absolute Gasteiger partial charge is 0.408 e. The molecule has 2 aromatic heterocycles. The Morgan fingerprint density at radius 2 is 2.00 bits per heavy atom. The largest absolute Gasteiger partial charge is 0.419 e. The molecule has 114 valence electrons. The van der Waals surface area contributed by atoms with Gasteiger partial charge in [0.05, 0.1) is 10.4 Å². The van der Waals surface area contributed by atoms with Gasteiger partial charge >= 0.3 is 5.76 Å². The molecular formula is C14H13N3O4S. The Bertz CT molecular complexity index is 1000. The van der Waals surface area contributed by atoms with Gasteiger partial charge in [-0.3, -0.25) is 9.29 Å². The Morgan fingerprint density at radius 1 is 1.23 bits per heavy atom. The van der Waals surface area contributed by atoms with Crippen LogP contribution in [0.4, 0.5) is 5.82 Å². The summed E-state index contributed by atoms with van der Waals surface area (Å²) in [5.74, 6) is -0.315. The van der Waals surface area contributed by atoms with Crippen molar-refractivity contribution in [1.82, 2.24) is 9.55 Å². The monoisotopic (exact) mass is 319 g/mol. The average Bonchev–Trinajstić information content (AvgIpc) is 2.76. The first-order valence-corrected chi connectivity index (χ1v) is 7.90. The molecule has 8 heteroatoms. The lowest BCUT2D eigenvalue weighted by molar-refractivity contribution is 0.528. The Kier molecular flexibility index (Phi) is 3.25. The van der Waals surface area contributed by atoms with Crippen LogP contribution in [0, 0.1) is 6.92 Å². The number of pyridine rings is 1. The van der Waals surface area contributed by atoms with Gasteiger partial charge in [0.25, 0.3) is 10.0 Å². The summed E-state index contributed by atoms with van der Waals surface area (Å²) in [6, 6.07) is 7.55. The second-order valence-corrected chi connectivity index (χ2v) is 6.57. The van der Waals surface area contributed by atoms with E-state index in [-0.39, 0.29) is 10.7 Å². The number of aryl methyl sites for hydroxylation is 2. The first-order valence-electron chi connectivity index (χ1n) is 6.42. The van der Waals surface area contributed by atoms with E-state index < -0.39 is 15.8 Å². The summed E-state index contributed by atoms with van der Waals surface area (Å²) in [5, 5.41) is 0. The number of sulfonamides is 1. The average molecular weight is 319 g/mol. The summed E-state index contributed by atoms with van der Waals surface area (Å²) >= 11 is 0. The number of hydrogen-bond acceptors (Lipinski definition) is 5. The molecule has 3 rings (SSSR count). The van der Waals surface area contributed by atoms with Crippen LogP contribution in [-0.4, -0.2) is 18.0 Å². The van der Waals surface area contributed by atoms with Crippen LogP contribution in [0.15, 0.2) is 50.6 Å². The van der Waals surface area contributed by atoms with Crippen LogP contribution in [0.5, 0.6) is 0 Å². The molecule has 0 aliphatic rings. The number of fused-ring (bicyclic) bond motifs is 1. The van der Waals surface area contributed by atoms with Gasteiger partial charge in [0, 0.05) is 13.2 Å². The molecule has 22 heavy (non-hydrogen) atoms. The van der Waals surface area contributed by atoms with Crippen molar-refractivity contribution in [2.45, 2.75) is 11.8 Å². The molecule has 1 N–H and O–H groups in total. The minimum Gasteiger partial charge on any atom is -0.408 e. The van der Waals surface area contributed by atoms with Crippen molar-refractivity contribution in [2.24, 2.45) is 7.05 Å². The summed E-state index contributed by atoms with van der Waals surface area (Å²) in [5.41, 5.74) is 1.67. The number of benzene rings is 1. The Hall–Kier alpha value is -2.61. The predicted octanol–water partition coefficient (Wildman–Crippen LogP) is 1.64. The molecule has 0 bridgehead atoms. The van der Waals surface area contributed by atoms with Crippen molar-refractivity contribution in [3.05, 3.63) is 52.6 Å². The molecule has 0 unspecified atom stereocenters. The number of nitrogens with zero attached hydrogens (tertiary/aromatic N) is 2. The Balaban J connectivity index is 2.03. The van der Waals surface area contributed by atoms with Crippen LogP contribution in [0.25, 0.3) is 11.1 Å². The van der Waals surface area contributed by atoms with E-state index in [1.165, 1.54) is 29.8 Å². The fraction of sp³-hybridized carbons (Fsp3) is 0.143. The van der Waals surface area contributed by atoms with Gasteiger partial charge < -0.3 is 4.42 Å². The van der Waals surface area contributed by atoms with Gasteiger partial charge in [0.2, 0.25) is 0 Å². The molecule has 2 heterocycles. The minimum absolute atomic E-state index is 0.0266. The fourth-order valence-corrected chi connectivity index (χ4v) is 3.03. The number of aromatic nitrogens is 2. The van der Waals surface area contributed by atoms with Crippen LogP contribution >= 0.6 is 0 Å². The highest BCUT2D eigenvalue weighted by atomic mass is 32.2. The van der Waals surface area contributed by atoms with Crippen molar-refractivity contribution >= 4 is 26.9 Å². The van der Waals surface area contributed by atoms with Gasteiger partial charge in [0.15, 0.2) is 5.58 Å². The number of hydrogen-bond donors (Lipinski definition) is 1. The molecule has 0 spiro atoms. The van der Waals surface area contributed by atoms with Crippen molar-refractivity contribution in [3.63, 3.8) is 0 Å². The Labute approximate surface area is 126 Å². The van der Waals surface area contributed by atoms with E-state index in [2.05, 4.69) is 9.71 Å². The van der Waals surface area contributed by atoms with Gasteiger partial charge in [-0.1, -0.05) is 6.07 Å². The van der Waals surface area contributed by atoms with Gasteiger partial charge in [-0.15, -0.1) is 0 Å². The molecule has 0 aliphatic heterocycles. The molecule has 0 saturated carbocycles. The topological polar surface area (TPSA) is 94.2 Å². The Morgan fingerprint density at radius 3 is 2.68 bits per heavy atom. The van der Waals surface area contributed by atoms with E-state index in [0.29, 0.717) is 11.1 Å². The quantitative estimate of drug-likeness (QED) is 0.792. The summed E-state index contributed by atoms with van der Waals surface area (Å²) in [4.78, 5) is 15.5. The normalized spacial score (nSPS) is 11.7. The fourth-order valence-electron chi connectivity index (χ4n) is 2.00. The highest BCUT2D eigenvalue weighted by molar-refractivity contribution is 7.92. The van der Waals surface area contributed by atoms with Gasteiger partial charge in [0.1, 0.15) is 5.82 Å². The lowest BCUT2D eigenvalue weighted by Gasteiger charge is -2.07. The third kappa shape index (κ3) is 2.48. The second kappa shape index (κ2) is 4.99. The molecule has 3 aromatic rings. The van der Waals surface area contributed by atoms with E-state index in [1.807, 2.05) is 6.92 Å². The maximum atomic E-state index is 12.4. The standard InChI is InChI=1S/C14H13N3O4S/c1-9-3-6-13(15-8-9)16-22(19,20)10-4-5-12-11(7-10)17(2)14(18)21-12/h3-8H,1-2H3,(H,15,16). The van der Waals surface area contributed by atoms with Crippen LogP contribution < -0.4 is 10.5 Å². The molecule has 7 nitrogen and oxygen atoms in total. The van der Waals surface area contributed by atoms with Crippen LogP contribution in [0.1, 0.15) is 5.56 Å². The highest BCUT2D eigenvalue weighted by Gasteiger charge is 2.17. The van der Waals surface area contributed by atoms with Gasteiger partial charge in [-0.25, -0.2) is 18.2 Å². The van der Waals surface area contributed by atoms with Gasteiger partial charge in [-0.2, -0.15) is 0 Å². The second-order valence-electron chi connectivity index (χ2n) is 4.88. The number of rotatable bonds is 3. The molecule has 1 aromatic carbocycles. The minimum atomic E-state index is -3.79. The highest BCUT2D eigenvalue weighted by Crippen LogP contribution is 2.20. The zero-order valence-electron chi connectivity index (χ0n) is 11.9. The maximum Gasteiger partial charge on any atom is 0.419 e. The molecule has 0 amide bonds. The molecule has 0 radical (unpaired) electrons. The SMILES string of the molecule is Cc1ccc(NS(=O)(=O)c2ccc3oc(=O)n(C)c3c2)nc1. The summed E-state index contributed by atoms with van der Waals surface area (Å²) in [6.45, 7) is 1.86. The number of oxazole rings is 1. The van der Waals surface area contributed by atoms with Crippen molar-refractivity contribution in [3.8, 4) is 0 Å². The van der Waals surface area contributed by atoms with Crippen LogP contribution in [-0.2, 0) is 17.1 Å². The van der Waals surface area contributed by atoms with Crippen molar-refractivity contribution in [1.29, 1.82) is 0 Å².